The normalized spacial score (nSPS) is 10.5. The van der Waals surface area contributed by atoms with Gasteiger partial charge in [-0.15, -0.1) is 0 Å². The van der Waals surface area contributed by atoms with Crippen molar-refractivity contribution in [3.05, 3.63) is 96.8 Å². The molecule has 1 heterocycles. The van der Waals surface area contributed by atoms with Crippen LogP contribution in [0.3, 0.4) is 0 Å². The van der Waals surface area contributed by atoms with Gasteiger partial charge in [0.25, 0.3) is 5.91 Å². The van der Waals surface area contributed by atoms with Crippen LogP contribution in [0.2, 0.25) is 0 Å². The highest BCUT2D eigenvalue weighted by Gasteiger charge is 2.13. The molecule has 4 rings (SSSR count). The number of anilines is 1. The number of nitrogens with one attached hydrogen (secondary N) is 2. The van der Waals surface area contributed by atoms with E-state index >= 15 is 0 Å². The first-order chi connectivity index (χ1) is 14.7. The Bertz CT molecular complexity index is 1190. The Morgan fingerprint density at radius 3 is 2.43 bits per heavy atom. The van der Waals surface area contributed by atoms with E-state index < -0.39 is 0 Å². The molecule has 0 saturated carbocycles. The summed E-state index contributed by atoms with van der Waals surface area (Å²) in [5.74, 6) is -0.682. The summed E-state index contributed by atoms with van der Waals surface area (Å²) >= 11 is 1.57. The molecule has 2 N–H and O–H groups in total. The molecule has 0 unspecified atom stereocenters. The molecular formula is C24H19N3O2S. The van der Waals surface area contributed by atoms with Crippen molar-refractivity contribution in [2.45, 2.75) is 9.79 Å². The standard InChI is InChI=1S/C24H19N3O2S/c28-22(16-26-24(29)23-19-11-5-4-8-17(19)14-15-25-23)27-20-12-6-7-13-21(20)30-18-9-2-1-3-10-18/h1-15H,16H2,(H,26,29)(H,27,28). The Kier molecular flexibility index (Phi) is 6.06. The Hall–Kier alpha value is -3.64. The third-order valence-corrected chi connectivity index (χ3v) is 5.51. The molecule has 0 bridgehead atoms. The SMILES string of the molecule is O=C(CNC(=O)c1nccc2ccccc12)Nc1ccccc1Sc1ccccc1. The van der Waals surface area contributed by atoms with Crippen molar-refractivity contribution in [1.82, 2.24) is 10.3 Å². The molecule has 0 aliphatic rings. The molecule has 1 aromatic heterocycles. The zero-order valence-electron chi connectivity index (χ0n) is 16.0. The quantitative estimate of drug-likeness (QED) is 0.478. The van der Waals surface area contributed by atoms with Gasteiger partial charge in [0.05, 0.1) is 12.2 Å². The Balaban J connectivity index is 1.41. The number of pyridine rings is 1. The highest BCUT2D eigenvalue weighted by molar-refractivity contribution is 7.99. The van der Waals surface area contributed by atoms with Crippen LogP contribution in [0.1, 0.15) is 10.5 Å². The number of nitrogens with zero attached hydrogens (tertiary/aromatic N) is 1. The average Bonchev–Trinajstić information content (AvgIpc) is 2.79. The second kappa shape index (κ2) is 9.24. The molecule has 0 saturated heterocycles. The summed E-state index contributed by atoms with van der Waals surface area (Å²) in [7, 11) is 0. The highest BCUT2D eigenvalue weighted by atomic mass is 32.2. The lowest BCUT2D eigenvalue weighted by molar-refractivity contribution is -0.115. The molecule has 3 aromatic carbocycles. The van der Waals surface area contributed by atoms with Crippen LogP contribution in [0.4, 0.5) is 5.69 Å². The molecule has 0 atom stereocenters. The van der Waals surface area contributed by atoms with Crippen molar-refractivity contribution in [3.63, 3.8) is 0 Å². The summed E-state index contributed by atoms with van der Waals surface area (Å²) in [5.41, 5.74) is 1.01. The summed E-state index contributed by atoms with van der Waals surface area (Å²) in [4.78, 5) is 31.2. The first-order valence-corrected chi connectivity index (χ1v) is 10.3. The molecule has 0 fully saturated rings. The van der Waals surface area contributed by atoms with Gasteiger partial charge >= 0.3 is 0 Å². The Morgan fingerprint density at radius 1 is 0.833 bits per heavy atom. The molecule has 4 aromatic rings. The summed E-state index contributed by atoms with van der Waals surface area (Å²) < 4.78 is 0. The minimum Gasteiger partial charge on any atom is -0.342 e. The van der Waals surface area contributed by atoms with Crippen LogP contribution < -0.4 is 10.6 Å². The fraction of sp³-hybridized carbons (Fsp3) is 0.0417. The van der Waals surface area contributed by atoms with Crippen molar-refractivity contribution in [1.29, 1.82) is 0 Å². The Labute approximate surface area is 178 Å². The average molecular weight is 414 g/mol. The number of hydrogen-bond donors (Lipinski definition) is 2. The molecule has 5 nitrogen and oxygen atoms in total. The van der Waals surface area contributed by atoms with Gasteiger partial charge in [-0.2, -0.15) is 0 Å². The molecular weight excluding hydrogens is 394 g/mol. The number of amides is 2. The third-order valence-electron chi connectivity index (χ3n) is 4.43. The van der Waals surface area contributed by atoms with E-state index in [1.165, 1.54) is 0 Å². The van der Waals surface area contributed by atoms with Crippen molar-refractivity contribution in [2.24, 2.45) is 0 Å². The van der Waals surface area contributed by atoms with Crippen LogP contribution in [0.5, 0.6) is 0 Å². The van der Waals surface area contributed by atoms with E-state index in [0.29, 0.717) is 11.4 Å². The fourth-order valence-electron chi connectivity index (χ4n) is 3.01. The maximum atomic E-state index is 12.6. The van der Waals surface area contributed by atoms with Crippen LogP contribution in [0, 0.1) is 0 Å². The molecule has 30 heavy (non-hydrogen) atoms. The highest BCUT2D eigenvalue weighted by Crippen LogP contribution is 2.33. The lowest BCUT2D eigenvalue weighted by atomic mass is 10.1. The summed E-state index contributed by atoms with van der Waals surface area (Å²) in [6, 6.07) is 26.9. The maximum Gasteiger partial charge on any atom is 0.270 e. The molecule has 0 aliphatic carbocycles. The molecule has 0 spiro atoms. The van der Waals surface area contributed by atoms with Crippen molar-refractivity contribution in [3.8, 4) is 0 Å². The number of rotatable bonds is 6. The smallest absolute Gasteiger partial charge is 0.270 e. The second-order valence-corrected chi connectivity index (χ2v) is 7.64. The van der Waals surface area contributed by atoms with Gasteiger partial charge in [-0.3, -0.25) is 14.6 Å². The fourth-order valence-corrected chi connectivity index (χ4v) is 3.94. The second-order valence-electron chi connectivity index (χ2n) is 6.52. The van der Waals surface area contributed by atoms with Crippen molar-refractivity contribution >= 4 is 40.0 Å². The van der Waals surface area contributed by atoms with E-state index in [1.54, 1.807) is 18.0 Å². The molecule has 6 heteroatoms. The Morgan fingerprint density at radius 2 is 1.57 bits per heavy atom. The van der Waals surface area contributed by atoms with E-state index in [0.717, 1.165) is 20.6 Å². The predicted octanol–water partition coefficient (Wildman–Crippen LogP) is 4.75. The topological polar surface area (TPSA) is 71.1 Å². The van der Waals surface area contributed by atoms with E-state index in [4.69, 9.17) is 0 Å². The van der Waals surface area contributed by atoms with E-state index in [2.05, 4.69) is 15.6 Å². The van der Waals surface area contributed by atoms with E-state index in [9.17, 15) is 9.59 Å². The van der Waals surface area contributed by atoms with Gasteiger partial charge in [0.1, 0.15) is 5.69 Å². The monoisotopic (exact) mass is 413 g/mol. The lowest BCUT2D eigenvalue weighted by Crippen LogP contribution is -2.33. The van der Waals surface area contributed by atoms with Gasteiger partial charge in [-0.05, 0) is 35.7 Å². The minimum absolute atomic E-state index is 0.145. The summed E-state index contributed by atoms with van der Waals surface area (Å²) in [6.07, 6.45) is 1.59. The zero-order chi connectivity index (χ0) is 20.8. The minimum atomic E-state index is -0.381. The number of benzene rings is 3. The van der Waals surface area contributed by atoms with Crippen molar-refractivity contribution < 1.29 is 9.59 Å². The molecule has 2 amide bonds. The van der Waals surface area contributed by atoms with Gasteiger partial charge in [0.2, 0.25) is 5.91 Å². The predicted molar refractivity (Wildman–Crippen MR) is 120 cm³/mol. The van der Waals surface area contributed by atoms with Crippen LogP contribution in [-0.2, 0) is 4.79 Å². The van der Waals surface area contributed by atoms with Crippen LogP contribution in [0.15, 0.2) is 101 Å². The summed E-state index contributed by atoms with van der Waals surface area (Å²) in [6.45, 7) is -0.145. The largest absolute Gasteiger partial charge is 0.342 e. The number of hydrogen-bond acceptors (Lipinski definition) is 4. The van der Waals surface area contributed by atoms with E-state index in [-0.39, 0.29) is 18.4 Å². The maximum absolute atomic E-state index is 12.6. The number of carbonyl (C=O) groups excluding carboxylic acids is 2. The molecule has 0 radical (unpaired) electrons. The first-order valence-electron chi connectivity index (χ1n) is 9.44. The number of para-hydroxylation sites is 1. The summed E-state index contributed by atoms with van der Waals surface area (Å²) in [5, 5.41) is 7.22. The van der Waals surface area contributed by atoms with Gasteiger partial charge in [0.15, 0.2) is 0 Å². The number of carbonyl (C=O) groups is 2. The van der Waals surface area contributed by atoms with Crippen LogP contribution in [-0.4, -0.2) is 23.3 Å². The number of aromatic nitrogens is 1. The van der Waals surface area contributed by atoms with Gasteiger partial charge in [-0.25, -0.2) is 0 Å². The number of fused-ring (bicyclic) bond motifs is 1. The lowest BCUT2D eigenvalue weighted by Gasteiger charge is -2.11. The van der Waals surface area contributed by atoms with Crippen LogP contribution in [0.25, 0.3) is 10.8 Å². The molecule has 0 aliphatic heterocycles. The van der Waals surface area contributed by atoms with E-state index in [1.807, 2.05) is 84.9 Å². The third kappa shape index (κ3) is 4.67. The molecule has 148 valence electrons. The van der Waals surface area contributed by atoms with Gasteiger partial charge < -0.3 is 10.6 Å². The first kappa shape index (κ1) is 19.7. The van der Waals surface area contributed by atoms with Gasteiger partial charge in [0, 0.05) is 21.4 Å². The van der Waals surface area contributed by atoms with Crippen molar-refractivity contribution in [2.75, 3.05) is 11.9 Å². The zero-order valence-corrected chi connectivity index (χ0v) is 16.9. The van der Waals surface area contributed by atoms with Gasteiger partial charge in [-0.1, -0.05) is 66.4 Å². The van der Waals surface area contributed by atoms with Crippen LogP contribution >= 0.6 is 11.8 Å².